The largest absolute Gasteiger partial charge is 0.492 e. The van der Waals surface area contributed by atoms with Gasteiger partial charge in [0.05, 0.1) is 35.9 Å². The summed E-state index contributed by atoms with van der Waals surface area (Å²) in [6.07, 6.45) is -1.11. The van der Waals surface area contributed by atoms with Crippen molar-refractivity contribution < 1.29 is 22.7 Å². The second-order valence-electron chi connectivity index (χ2n) is 10.3. The maximum atomic E-state index is 13.9. The molecule has 41 heavy (non-hydrogen) atoms. The van der Waals surface area contributed by atoms with Crippen molar-refractivity contribution in [2.45, 2.75) is 26.9 Å². The minimum Gasteiger partial charge on any atom is -0.492 e. The highest BCUT2D eigenvalue weighted by Gasteiger charge is 2.34. The van der Waals surface area contributed by atoms with E-state index in [1.165, 1.54) is 12.1 Å². The molecule has 0 bridgehead atoms. The third kappa shape index (κ3) is 6.49. The summed E-state index contributed by atoms with van der Waals surface area (Å²) in [5.74, 6) is 5.97. The first-order chi connectivity index (χ1) is 19.3. The number of nitrogens with one attached hydrogen (secondary N) is 1. The predicted octanol–water partition coefficient (Wildman–Crippen LogP) is 4.81. The fourth-order valence-corrected chi connectivity index (χ4v) is 4.82. The minimum atomic E-state index is -4.61. The van der Waals surface area contributed by atoms with E-state index in [-0.39, 0.29) is 22.7 Å². The Hall–Kier alpha value is -4.03. The number of hydrazine groups is 1. The highest BCUT2D eigenvalue weighted by Crippen LogP contribution is 2.42. The van der Waals surface area contributed by atoms with Crippen molar-refractivity contribution in [3.8, 4) is 5.75 Å². The van der Waals surface area contributed by atoms with Gasteiger partial charge in [-0.05, 0) is 63.2 Å². The first-order valence-electron chi connectivity index (χ1n) is 13.2. The van der Waals surface area contributed by atoms with Gasteiger partial charge in [0.25, 0.3) is 5.91 Å². The third-order valence-electron chi connectivity index (χ3n) is 7.44. The Morgan fingerprint density at radius 2 is 1.80 bits per heavy atom. The lowest BCUT2D eigenvalue weighted by Crippen LogP contribution is -2.44. The van der Waals surface area contributed by atoms with Gasteiger partial charge in [0, 0.05) is 56.2 Å². The molecule has 2 heterocycles. The van der Waals surface area contributed by atoms with Crippen molar-refractivity contribution in [1.82, 2.24) is 14.7 Å². The summed E-state index contributed by atoms with van der Waals surface area (Å²) in [6, 6.07) is 6.93. The molecule has 4 rings (SSSR count). The highest BCUT2D eigenvalue weighted by atomic mass is 19.4. The van der Waals surface area contributed by atoms with E-state index in [9.17, 15) is 18.0 Å². The number of aromatic nitrogens is 2. The quantitative estimate of drug-likeness (QED) is 0.311. The first-order valence-corrected chi connectivity index (χ1v) is 13.2. The number of ether oxygens (including phenoxy) is 1. The van der Waals surface area contributed by atoms with E-state index in [1.54, 1.807) is 35.3 Å². The van der Waals surface area contributed by atoms with Crippen LogP contribution < -0.4 is 25.8 Å². The molecule has 1 saturated heterocycles. The van der Waals surface area contributed by atoms with Crippen molar-refractivity contribution in [1.29, 1.82) is 0 Å². The van der Waals surface area contributed by atoms with Gasteiger partial charge in [-0.1, -0.05) is 6.07 Å². The van der Waals surface area contributed by atoms with Crippen LogP contribution in [0.3, 0.4) is 0 Å². The van der Waals surface area contributed by atoms with Gasteiger partial charge < -0.3 is 19.9 Å². The Morgan fingerprint density at radius 1 is 1.12 bits per heavy atom. The molecular weight excluding hydrogens is 535 g/mol. The van der Waals surface area contributed by atoms with E-state index in [1.807, 2.05) is 39.8 Å². The number of halogens is 3. The fraction of sp³-hybridized carbons (Fsp3) is 0.379. The summed E-state index contributed by atoms with van der Waals surface area (Å²) < 4.78 is 49.0. The maximum absolute atomic E-state index is 13.9. The average molecular weight is 572 g/mol. The molecule has 0 unspecified atom stereocenters. The summed E-state index contributed by atoms with van der Waals surface area (Å²) >= 11 is 0. The second-order valence-corrected chi connectivity index (χ2v) is 10.3. The Balaban J connectivity index is 1.66. The molecule has 0 radical (unpaired) electrons. The second kappa shape index (κ2) is 11.8. The zero-order chi connectivity index (χ0) is 30.1. The number of amides is 1. The number of carbonyl (C=O) groups is 1. The molecule has 3 N–H and O–H groups in total. The van der Waals surface area contributed by atoms with Gasteiger partial charge in [0.2, 0.25) is 0 Å². The van der Waals surface area contributed by atoms with Gasteiger partial charge >= 0.3 is 6.18 Å². The van der Waals surface area contributed by atoms with Gasteiger partial charge in [-0.25, -0.2) is 5.84 Å². The standard InChI is InChI=1S/C29H36F3N7O2/c1-18-7-8-21(13-25(18)39(33)17-19(2)23-16-34-37(5)20(23)3)28(40)35-24-14-22(29(30,31)32)15-26(27(24)41-6)38-11-9-36(4)10-12-38/h7-8,13-17H,9-12,33H2,1-6H3,(H,35,40)/b19-17+. The lowest BCUT2D eigenvalue weighted by molar-refractivity contribution is -0.137. The summed E-state index contributed by atoms with van der Waals surface area (Å²) in [7, 11) is 5.19. The number of likely N-dealkylation sites (N-methyl/N-ethyl adjacent to an activating group) is 1. The lowest BCUT2D eigenvalue weighted by atomic mass is 10.1. The van der Waals surface area contributed by atoms with Crippen LogP contribution in [0.1, 0.15) is 39.7 Å². The Morgan fingerprint density at radius 3 is 2.39 bits per heavy atom. The number of aryl methyl sites for hydroxylation is 2. The number of alkyl halides is 3. The SMILES string of the molecule is COc1c(NC(=O)c2ccc(C)c(N(N)/C=C(\C)c3cnn(C)c3C)c2)cc(C(F)(F)F)cc1N1CCN(C)CC1. The van der Waals surface area contributed by atoms with Crippen molar-refractivity contribution in [2.24, 2.45) is 12.9 Å². The summed E-state index contributed by atoms with van der Waals surface area (Å²) in [6.45, 7) is 8.16. The van der Waals surface area contributed by atoms with E-state index < -0.39 is 17.6 Å². The number of hydrogen-bond donors (Lipinski definition) is 2. The van der Waals surface area contributed by atoms with Crippen LogP contribution in [-0.2, 0) is 13.2 Å². The molecule has 9 nitrogen and oxygen atoms in total. The number of carbonyl (C=O) groups excluding carboxylic acids is 1. The van der Waals surface area contributed by atoms with Crippen LogP contribution in [0.5, 0.6) is 5.75 Å². The monoisotopic (exact) mass is 571 g/mol. The smallest absolute Gasteiger partial charge is 0.416 e. The highest BCUT2D eigenvalue weighted by molar-refractivity contribution is 6.06. The van der Waals surface area contributed by atoms with E-state index >= 15 is 0 Å². The summed E-state index contributed by atoms with van der Waals surface area (Å²) in [5, 5.41) is 8.34. The summed E-state index contributed by atoms with van der Waals surface area (Å²) in [4.78, 5) is 17.3. The number of nitrogens with two attached hydrogens (primary N) is 1. The molecule has 12 heteroatoms. The van der Waals surface area contributed by atoms with E-state index in [2.05, 4.69) is 15.3 Å². The van der Waals surface area contributed by atoms with Gasteiger partial charge in [-0.2, -0.15) is 18.3 Å². The topological polar surface area (TPSA) is 91.9 Å². The van der Waals surface area contributed by atoms with Crippen LogP contribution >= 0.6 is 0 Å². The van der Waals surface area contributed by atoms with Crippen LogP contribution in [0.4, 0.5) is 30.2 Å². The van der Waals surface area contributed by atoms with E-state index in [0.717, 1.165) is 34.5 Å². The molecule has 0 spiro atoms. The van der Waals surface area contributed by atoms with E-state index in [4.69, 9.17) is 10.6 Å². The van der Waals surface area contributed by atoms with Crippen molar-refractivity contribution in [2.75, 3.05) is 55.6 Å². The zero-order valence-electron chi connectivity index (χ0n) is 24.1. The molecule has 0 saturated carbocycles. The van der Waals surface area contributed by atoms with Gasteiger partial charge in [-0.3, -0.25) is 14.5 Å². The van der Waals surface area contributed by atoms with Crippen LogP contribution in [0.2, 0.25) is 0 Å². The number of anilines is 3. The average Bonchev–Trinajstić information content (AvgIpc) is 3.26. The molecule has 1 amide bonds. The van der Waals surface area contributed by atoms with Crippen molar-refractivity contribution >= 4 is 28.5 Å². The number of benzene rings is 2. The van der Waals surface area contributed by atoms with Gasteiger partial charge in [0.15, 0.2) is 5.75 Å². The van der Waals surface area contributed by atoms with Crippen molar-refractivity contribution in [3.05, 3.63) is 70.7 Å². The number of hydrogen-bond acceptors (Lipinski definition) is 7. The zero-order valence-corrected chi connectivity index (χ0v) is 24.1. The molecule has 1 aliphatic heterocycles. The molecule has 220 valence electrons. The van der Waals surface area contributed by atoms with Gasteiger partial charge in [-0.15, -0.1) is 0 Å². The summed E-state index contributed by atoms with van der Waals surface area (Å²) in [5.41, 5.74) is 3.74. The maximum Gasteiger partial charge on any atom is 0.416 e. The fourth-order valence-electron chi connectivity index (χ4n) is 4.82. The van der Waals surface area contributed by atoms with Crippen LogP contribution in [-0.4, -0.2) is 60.9 Å². The Labute approximate surface area is 237 Å². The Kier molecular flexibility index (Phi) is 8.64. The molecule has 1 aliphatic rings. The van der Waals surface area contributed by atoms with Crippen LogP contribution in [0, 0.1) is 13.8 Å². The molecule has 1 aromatic heterocycles. The molecule has 2 aromatic carbocycles. The number of piperazine rings is 1. The number of rotatable bonds is 7. The predicted molar refractivity (Wildman–Crippen MR) is 155 cm³/mol. The number of methoxy groups -OCH3 is 1. The Bertz CT molecular complexity index is 1460. The molecule has 1 fully saturated rings. The van der Waals surface area contributed by atoms with Gasteiger partial charge in [0.1, 0.15) is 0 Å². The molecule has 0 aliphatic carbocycles. The van der Waals surface area contributed by atoms with Crippen molar-refractivity contribution in [3.63, 3.8) is 0 Å². The lowest BCUT2D eigenvalue weighted by Gasteiger charge is -2.35. The number of allylic oxidation sites excluding steroid dienone is 1. The molecular formula is C29H36F3N7O2. The number of nitrogens with zero attached hydrogens (tertiary/aromatic N) is 5. The normalized spacial score (nSPS) is 14.8. The third-order valence-corrected chi connectivity index (χ3v) is 7.44. The van der Waals surface area contributed by atoms with Crippen LogP contribution in [0.15, 0.2) is 42.7 Å². The van der Waals surface area contributed by atoms with E-state index in [0.29, 0.717) is 31.9 Å². The minimum absolute atomic E-state index is 0.0595. The molecule has 0 atom stereocenters. The first kappa shape index (κ1) is 29.9. The molecule has 3 aromatic rings. The van der Waals surface area contributed by atoms with Crippen LogP contribution in [0.25, 0.3) is 5.57 Å².